The molecule has 2 N–H and O–H groups in total. The van der Waals surface area contributed by atoms with Crippen LogP contribution in [-0.2, 0) is 11.2 Å². The van der Waals surface area contributed by atoms with Crippen LogP contribution in [0.2, 0.25) is 0 Å². The van der Waals surface area contributed by atoms with Gasteiger partial charge in [0.25, 0.3) is 0 Å². The summed E-state index contributed by atoms with van der Waals surface area (Å²) >= 11 is 0. The molecule has 3 heteroatoms. The molecule has 0 radical (unpaired) electrons. The maximum atomic E-state index is 12.1. The first-order valence-electron chi connectivity index (χ1n) is 6.65. The lowest BCUT2D eigenvalue weighted by Crippen LogP contribution is -2.34. The number of aryl methyl sites for hydroxylation is 1. The lowest BCUT2D eigenvalue weighted by atomic mass is 10.1. The molecule has 0 heterocycles. The summed E-state index contributed by atoms with van der Waals surface area (Å²) in [5.41, 5.74) is 7.56. The summed E-state index contributed by atoms with van der Waals surface area (Å²) in [4.78, 5) is 14.0. The fourth-order valence-electron chi connectivity index (χ4n) is 1.94. The molecule has 100 valence electrons. The molecule has 18 heavy (non-hydrogen) atoms. The zero-order chi connectivity index (χ0) is 13.5. The molecule has 0 atom stereocenters. The number of hydrogen-bond acceptors (Lipinski definition) is 2. The molecular formula is C15H24N2O. The van der Waals surface area contributed by atoms with Crippen molar-refractivity contribution in [3.8, 4) is 0 Å². The van der Waals surface area contributed by atoms with Crippen molar-refractivity contribution in [1.82, 2.24) is 4.90 Å². The minimum Gasteiger partial charge on any atom is -0.399 e. The van der Waals surface area contributed by atoms with Crippen LogP contribution in [0.3, 0.4) is 0 Å². The molecule has 1 rings (SSSR count). The molecular weight excluding hydrogens is 224 g/mol. The van der Waals surface area contributed by atoms with Crippen molar-refractivity contribution >= 4 is 11.6 Å². The Morgan fingerprint density at radius 3 is 2.39 bits per heavy atom. The van der Waals surface area contributed by atoms with Crippen LogP contribution in [0.4, 0.5) is 5.69 Å². The number of benzene rings is 1. The van der Waals surface area contributed by atoms with E-state index in [9.17, 15) is 4.79 Å². The van der Waals surface area contributed by atoms with Gasteiger partial charge in [-0.15, -0.1) is 0 Å². The number of hydrogen-bond donors (Lipinski definition) is 1. The van der Waals surface area contributed by atoms with E-state index in [0.29, 0.717) is 12.3 Å². The highest BCUT2D eigenvalue weighted by atomic mass is 16.2. The largest absolute Gasteiger partial charge is 0.399 e. The summed E-state index contributed by atoms with van der Waals surface area (Å²) in [6, 6.07) is 7.74. The molecule has 0 saturated carbocycles. The number of nitrogens with zero attached hydrogens (tertiary/aromatic N) is 1. The van der Waals surface area contributed by atoms with Gasteiger partial charge >= 0.3 is 0 Å². The second-order valence-electron chi connectivity index (χ2n) is 5.07. The van der Waals surface area contributed by atoms with Gasteiger partial charge in [-0.2, -0.15) is 0 Å². The van der Waals surface area contributed by atoms with Gasteiger partial charge in [0.2, 0.25) is 5.91 Å². The highest BCUT2D eigenvalue weighted by Crippen LogP contribution is 2.09. The highest BCUT2D eigenvalue weighted by molar-refractivity contribution is 5.76. The lowest BCUT2D eigenvalue weighted by Gasteiger charge is -2.23. The normalized spacial score (nSPS) is 10.7. The van der Waals surface area contributed by atoms with Crippen LogP contribution >= 0.6 is 0 Å². The van der Waals surface area contributed by atoms with Crippen LogP contribution in [0.5, 0.6) is 0 Å². The molecule has 0 bridgehead atoms. The number of anilines is 1. The molecule has 0 aromatic heterocycles. The molecule has 1 aromatic rings. The van der Waals surface area contributed by atoms with Crippen molar-refractivity contribution in [2.45, 2.75) is 33.6 Å². The number of carbonyl (C=O) groups excluding carboxylic acids is 1. The van der Waals surface area contributed by atoms with E-state index in [1.165, 1.54) is 0 Å². The first-order valence-corrected chi connectivity index (χ1v) is 6.65. The predicted molar refractivity (Wildman–Crippen MR) is 76.3 cm³/mol. The minimum absolute atomic E-state index is 0.239. The van der Waals surface area contributed by atoms with Crippen molar-refractivity contribution in [3.63, 3.8) is 0 Å². The molecule has 0 unspecified atom stereocenters. The quantitative estimate of drug-likeness (QED) is 0.787. The zero-order valence-electron chi connectivity index (χ0n) is 11.6. The average molecular weight is 248 g/mol. The van der Waals surface area contributed by atoms with E-state index in [0.717, 1.165) is 30.8 Å². The van der Waals surface area contributed by atoms with E-state index in [2.05, 4.69) is 13.8 Å². The van der Waals surface area contributed by atoms with E-state index in [1.54, 1.807) is 0 Å². The van der Waals surface area contributed by atoms with Crippen LogP contribution in [-0.4, -0.2) is 23.9 Å². The van der Waals surface area contributed by atoms with Gasteiger partial charge < -0.3 is 10.6 Å². The second-order valence-corrected chi connectivity index (χ2v) is 5.07. The predicted octanol–water partition coefficient (Wildman–Crippen LogP) is 2.71. The number of carbonyl (C=O) groups is 1. The molecule has 3 nitrogen and oxygen atoms in total. The fraction of sp³-hybridized carbons (Fsp3) is 0.533. The third-order valence-electron chi connectivity index (χ3n) is 2.93. The van der Waals surface area contributed by atoms with Gasteiger partial charge in [-0.3, -0.25) is 4.79 Å². The van der Waals surface area contributed by atoms with E-state index >= 15 is 0 Å². The molecule has 0 aliphatic carbocycles. The van der Waals surface area contributed by atoms with Crippen LogP contribution in [0, 0.1) is 5.92 Å². The Morgan fingerprint density at radius 1 is 1.28 bits per heavy atom. The maximum Gasteiger partial charge on any atom is 0.222 e. The lowest BCUT2D eigenvalue weighted by molar-refractivity contribution is -0.131. The number of nitrogen functional groups attached to an aromatic ring is 1. The standard InChI is InChI=1S/C15H24N2O/c1-4-17(11-12(2)3)15(18)10-7-13-5-8-14(16)9-6-13/h5-6,8-9,12H,4,7,10-11,16H2,1-3H3. The Morgan fingerprint density at radius 2 is 1.89 bits per heavy atom. The average Bonchev–Trinajstić information content (AvgIpc) is 2.34. The Hall–Kier alpha value is -1.51. The molecule has 0 spiro atoms. The molecule has 0 aliphatic rings. The molecule has 1 aromatic carbocycles. The van der Waals surface area contributed by atoms with Gasteiger partial charge in [0.05, 0.1) is 0 Å². The fourth-order valence-corrected chi connectivity index (χ4v) is 1.94. The van der Waals surface area contributed by atoms with Gasteiger partial charge in [-0.05, 0) is 37.0 Å². The van der Waals surface area contributed by atoms with Crippen molar-refractivity contribution < 1.29 is 4.79 Å². The minimum atomic E-state index is 0.239. The Kier molecular flexibility index (Phi) is 5.69. The van der Waals surface area contributed by atoms with Gasteiger partial charge in [0, 0.05) is 25.2 Å². The van der Waals surface area contributed by atoms with Crippen molar-refractivity contribution in [2.75, 3.05) is 18.8 Å². The Labute approximate surface area is 110 Å². The summed E-state index contributed by atoms with van der Waals surface area (Å²) in [6.45, 7) is 7.94. The van der Waals surface area contributed by atoms with Gasteiger partial charge in [0.1, 0.15) is 0 Å². The van der Waals surface area contributed by atoms with Crippen molar-refractivity contribution in [3.05, 3.63) is 29.8 Å². The molecule has 1 amide bonds. The first-order chi connectivity index (χ1) is 8.52. The Balaban J connectivity index is 2.46. The van der Waals surface area contributed by atoms with Crippen LogP contribution < -0.4 is 5.73 Å². The third-order valence-corrected chi connectivity index (χ3v) is 2.93. The van der Waals surface area contributed by atoms with E-state index in [1.807, 2.05) is 36.1 Å². The van der Waals surface area contributed by atoms with Crippen LogP contribution in [0.1, 0.15) is 32.8 Å². The topological polar surface area (TPSA) is 46.3 Å². The SMILES string of the molecule is CCN(CC(C)C)C(=O)CCc1ccc(N)cc1. The van der Waals surface area contributed by atoms with E-state index in [4.69, 9.17) is 5.73 Å². The van der Waals surface area contributed by atoms with Crippen molar-refractivity contribution in [2.24, 2.45) is 5.92 Å². The first kappa shape index (κ1) is 14.6. The van der Waals surface area contributed by atoms with Crippen LogP contribution in [0.25, 0.3) is 0 Å². The monoisotopic (exact) mass is 248 g/mol. The highest BCUT2D eigenvalue weighted by Gasteiger charge is 2.12. The van der Waals surface area contributed by atoms with Crippen LogP contribution in [0.15, 0.2) is 24.3 Å². The summed E-state index contributed by atoms with van der Waals surface area (Å²) in [7, 11) is 0. The third kappa shape index (κ3) is 4.78. The summed E-state index contributed by atoms with van der Waals surface area (Å²) < 4.78 is 0. The number of nitrogens with two attached hydrogens (primary N) is 1. The smallest absolute Gasteiger partial charge is 0.222 e. The summed E-state index contributed by atoms with van der Waals surface area (Å²) in [6.07, 6.45) is 1.36. The number of amides is 1. The summed E-state index contributed by atoms with van der Waals surface area (Å²) in [5, 5.41) is 0. The number of rotatable bonds is 6. The molecule has 0 aliphatic heterocycles. The van der Waals surface area contributed by atoms with Gasteiger partial charge in [0.15, 0.2) is 0 Å². The summed E-state index contributed by atoms with van der Waals surface area (Å²) in [5.74, 6) is 0.758. The molecule has 0 fully saturated rings. The van der Waals surface area contributed by atoms with Gasteiger partial charge in [-0.25, -0.2) is 0 Å². The van der Waals surface area contributed by atoms with Gasteiger partial charge in [-0.1, -0.05) is 26.0 Å². The molecule has 0 saturated heterocycles. The maximum absolute atomic E-state index is 12.1. The Bertz CT molecular complexity index is 371. The second kappa shape index (κ2) is 7.04. The van der Waals surface area contributed by atoms with E-state index < -0.39 is 0 Å². The van der Waals surface area contributed by atoms with Crippen molar-refractivity contribution in [1.29, 1.82) is 0 Å². The van der Waals surface area contributed by atoms with E-state index in [-0.39, 0.29) is 5.91 Å². The zero-order valence-corrected chi connectivity index (χ0v) is 11.6.